The number of rotatable bonds is 0. The average molecular weight is 311 g/mol. The summed E-state index contributed by atoms with van der Waals surface area (Å²) in [7, 11) is 0. The largest absolute Gasteiger partial charge is 0.491 e. The molecule has 2 bridgehead atoms. The highest BCUT2D eigenvalue weighted by molar-refractivity contribution is 5.99. The number of nitrogens with one attached hydrogen (secondary N) is 3. The van der Waals surface area contributed by atoms with Gasteiger partial charge in [0.05, 0.1) is 18.7 Å². The topological polar surface area (TPSA) is 78.0 Å². The van der Waals surface area contributed by atoms with Gasteiger partial charge in [-0.3, -0.25) is 14.8 Å². The molecule has 0 spiro atoms. The highest BCUT2D eigenvalue weighted by Crippen LogP contribution is 2.20. The summed E-state index contributed by atoms with van der Waals surface area (Å²) in [5, 5.41) is 7.91. The van der Waals surface area contributed by atoms with E-state index in [-0.39, 0.29) is 5.91 Å². The van der Waals surface area contributed by atoms with Crippen LogP contribution in [0.3, 0.4) is 0 Å². The minimum absolute atomic E-state index is 0.103. The molecule has 0 radical (unpaired) electrons. The Morgan fingerprint density at radius 1 is 1.26 bits per heavy atom. The number of nitrogens with zero attached hydrogens (tertiary/aromatic N) is 2. The van der Waals surface area contributed by atoms with Crippen LogP contribution in [0.4, 0.5) is 0 Å². The Hall–Kier alpha value is -2.80. The van der Waals surface area contributed by atoms with Crippen LogP contribution in [0.1, 0.15) is 5.56 Å². The second kappa shape index (κ2) is 5.77. The Kier molecular flexibility index (Phi) is 3.47. The van der Waals surface area contributed by atoms with Crippen molar-refractivity contribution in [1.29, 1.82) is 0 Å². The van der Waals surface area contributed by atoms with Crippen molar-refractivity contribution in [2.24, 2.45) is 4.99 Å². The van der Waals surface area contributed by atoms with Crippen molar-refractivity contribution in [1.82, 2.24) is 21.1 Å². The number of amidine groups is 1. The van der Waals surface area contributed by atoms with Gasteiger partial charge in [0.15, 0.2) is 0 Å². The highest BCUT2D eigenvalue weighted by Gasteiger charge is 2.28. The number of hydrogen-bond acceptors (Lipinski definition) is 6. The van der Waals surface area contributed by atoms with E-state index >= 15 is 0 Å². The first-order chi connectivity index (χ1) is 11.3. The number of benzene rings is 1. The lowest BCUT2D eigenvalue weighted by Gasteiger charge is -2.23. The fraction of sp³-hybridized carbons (Fsp3) is 0.250. The van der Waals surface area contributed by atoms with Crippen molar-refractivity contribution in [3.63, 3.8) is 0 Å². The van der Waals surface area contributed by atoms with Gasteiger partial charge in [-0.1, -0.05) is 18.2 Å². The van der Waals surface area contributed by atoms with Gasteiger partial charge in [0.25, 0.3) is 5.91 Å². The van der Waals surface area contributed by atoms with E-state index in [0.717, 1.165) is 23.0 Å². The van der Waals surface area contributed by atoms with Crippen LogP contribution in [-0.4, -0.2) is 36.4 Å². The fourth-order valence-corrected chi connectivity index (χ4v) is 2.70. The number of amides is 1. The molecule has 0 unspecified atom stereocenters. The number of ether oxygens (including phenoxy) is 1. The molecule has 0 atom stereocenters. The van der Waals surface area contributed by atoms with Crippen LogP contribution in [-0.2, 0) is 11.3 Å². The van der Waals surface area contributed by atoms with Crippen LogP contribution in [0, 0.1) is 0 Å². The van der Waals surface area contributed by atoms with Crippen molar-refractivity contribution in [2.75, 3.05) is 19.7 Å². The maximum absolute atomic E-state index is 12.3. The number of fused-ring (bicyclic) bond motifs is 2. The number of hydrazine groups is 1. The van der Waals surface area contributed by atoms with Crippen LogP contribution >= 0.6 is 0 Å². The molecule has 0 saturated carbocycles. The van der Waals surface area contributed by atoms with E-state index in [0.29, 0.717) is 31.8 Å². The van der Waals surface area contributed by atoms with E-state index in [2.05, 4.69) is 21.1 Å². The molecule has 0 aromatic heterocycles. The first kappa shape index (κ1) is 13.8. The third-order valence-corrected chi connectivity index (χ3v) is 3.89. The normalized spacial score (nSPS) is 20.3. The lowest BCUT2D eigenvalue weighted by atomic mass is 10.2. The Morgan fingerprint density at radius 3 is 3.13 bits per heavy atom. The van der Waals surface area contributed by atoms with E-state index in [1.807, 2.05) is 36.5 Å². The lowest BCUT2D eigenvalue weighted by Crippen LogP contribution is -2.39. The zero-order valence-electron chi connectivity index (χ0n) is 12.5. The number of para-hydroxylation sites is 1. The van der Waals surface area contributed by atoms with Crippen molar-refractivity contribution in [2.45, 2.75) is 6.54 Å². The molecule has 7 heteroatoms. The monoisotopic (exact) mass is 311 g/mol. The molecule has 0 saturated heterocycles. The summed E-state index contributed by atoms with van der Waals surface area (Å²) in [5.74, 6) is 2.15. The molecule has 1 aromatic carbocycles. The number of aliphatic imine (C=N–C) groups is 1. The van der Waals surface area contributed by atoms with Crippen molar-refractivity contribution < 1.29 is 9.53 Å². The summed E-state index contributed by atoms with van der Waals surface area (Å²) < 4.78 is 5.78. The third-order valence-electron chi connectivity index (χ3n) is 3.89. The van der Waals surface area contributed by atoms with Crippen LogP contribution in [0.25, 0.3) is 0 Å². The Morgan fingerprint density at radius 2 is 2.17 bits per heavy atom. The molecule has 0 fully saturated rings. The van der Waals surface area contributed by atoms with Gasteiger partial charge in [0, 0.05) is 18.3 Å². The van der Waals surface area contributed by atoms with Gasteiger partial charge >= 0.3 is 0 Å². The highest BCUT2D eigenvalue weighted by atomic mass is 16.5. The standard InChI is InChI=1S/C16H17N5O2/c22-16-12-10-19-21-7-5-14(20-15(12)21)18-9-11-3-1-2-4-13(11)23-8-6-17-16/h1-5,7,19H,6,8-10H2,(H,17,22)(H,18,20). The summed E-state index contributed by atoms with van der Waals surface area (Å²) in [5.41, 5.74) is 4.82. The minimum Gasteiger partial charge on any atom is -0.491 e. The molecule has 3 heterocycles. The average Bonchev–Trinajstić information content (AvgIpc) is 3.00. The maximum Gasteiger partial charge on any atom is 0.252 e. The smallest absolute Gasteiger partial charge is 0.252 e. The van der Waals surface area contributed by atoms with Crippen LogP contribution in [0.2, 0.25) is 0 Å². The van der Waals surface area contributed by atoms with E-state index < -0.39 is 0 Å². The van der Waals surface area contributed by atoms with E-state index in [1.54, 1.807) is 5.01 Å². The number of carbonyl (C=O) groups is 1. The first-order valence-electron chi connectivity index (χ1n) is 7.56. The molecule has 7 nitrogen and oxygen atoms in total. The van der Waals surface area contributed by atoms with Crippen LogP contribution in [0.15, 0.2) is 52.9 Å². The Labute approximate surface area is 133 Å². The zero-order valence-corrected chi connectivity index (χ0v) is 12.5. The maximum atomic E-state index is 12.3. The van der Waals surface area contributed by atoms with Gasteiger partial charge in [-0.15, -0.1) is 0 Å². The molecule has 1 aromatic rings. The summed E-state index contributed by atoms with van der Waals surface area (Å²) in [4.78, 5) is 16.9. The van der Waals surface area contributed by atoms with Gasteiger partial charge in [0.1, 0.15) is 24.0 Å². The van der Waals surface area contributed by atoms with Crippen molar-refractivity contribution in [3.8, 4) is 5.75 Å². The molecule has 1 amide bonds. The van der Waals surface area contributed by atoms with E-state index in [1.165, 1.54) is 0 Å². The summed E-state index contributed by atoms with van der Waals surface area (Å²) in [6.45, 7) is 1.87. The molecule has 3 aliphatic rings. The van der Waals surface area contributed by atoms with Crippen molar-refractivity contribution in [3.05, 3.63) is 53.5 Å². The van der Waals surface area contributed by atoms with Gasteiger partial charge in [-0.2, -0.15) is 0 Å². The zero-order chi connectivity index (χ0) is 15.6. The summed E-state index contributed by atoms with van der Waals surface area (Å²) in [6.07, 6.45) is 3.74. The van der Waals surface area contributed by atoms with E-state index in [9.17, 15) is 4.79 Å². The molecular weight excluding hydrogens is 294 g/mol. The van der Waals surface area contributed by atoms with Gasteiger partial charge < -0.3 is 15.4 Å². The van der Waals surface area contributed by atoms with Crippen LogP contribution in [0.5, 0.6) is 5.75 Å². The molecule has 118 valence electrons. The predicted octanol–water partition coefficient (Wildman–Crippen LogP) is 0.242. The Balaban J connectivity index is 1.70. The molecule has 4 rings (SSSR count). The first-order valence-corrected chi connectivity index (χ1v) is 7.56. The molecule has 23 heavy (non-hydrogen) atoms. The third kappa shape index (κ3) is 2.66. The van der Waals surface area contributed by atoms with Crippen molar-refractivity contribution >= 4 is 11.7 Å². The lowest BCUT2D eigenvalue weighted by molar-refractivity contribution is -0.117. The second-order valence-corrected chi connectivity index (χ2v) is 5.39. The number of hydrogen-bond donors (Lipinski definition) is 3. The SMILES string of the molecule is O=C1NCCOc2ccccc2CN=C2C=CN3NCC1=C3N2. The van der Waals surface area contributed by atoms with Gasteiger partial charge in [-0.05, 0) is 12.1 Å². The molecule has 3 aliphatic heterocycles. The van der Waals surface area contributed by atoms with Crippen LogP contribution < -0.4 is 20.8 Å². The minimum atomic E-state index is -0.103. The quantitative estimate of drug-likeness (QED) is 0.640. The molecule has 3 N–H and O–H groups in total. The molecule has 0 aliphatic carbocycles. The fourth-order valence-electron chi connectivity index (χ4n) is 2.70. The Bertz CT molecular complexity index is 738. The second-order valence-electron chi connectivity index (χ2n) is 5.39. The van der Waals surface area contributed by atoms with Gasteiger partial charge in [0.2, 0.25) is 0 Å². The number of carbonyl (C=O) groups excluding carboxylic acids is 1. The predicted molar refractivity (Wildman–Crippen MR) is 85.2 cm³/mol. The van der Waals surface area contributed by atoms with E-state index in [4.69, 9.17) is 4.74 Å². The molecular formula is C16H17N5O2. The summed E-state index contributed by atoms with van der Waals surface area (Å²) >= 11 is 0. The van der Waals surface area contributed by atoms with Gasteiger partial charge in [-0.25, -0.2) is 5.43 Å². The summed E-state index contributed by atoms with van der Waals surface area (Å²) in [6, 6.07) is 7.82.